The molecule has 0 spiro atoms. The molecule has 0 bridgehead atoms. The fourth-order valence-corrected chi connectivity index (χ4v) is 3.18. The molecule has 0 atom stereocenters. The van der Waals surface area contributed by atoms with Gasteiger partial charge in [0, 0.05) is 0 Å². The second-order valence-corrected chi connectivity index (χ2v) is 6.33. The van der Waals surface area contributed by atoms with E-state index in [0.717, 1.165) is 17.4 Å². The van der Waals surface area contributed by atoms with Crippen molar-refractivity contribution in [2.75, 3.05) is 0 Å². The molecule has 0 aromatic heterocycles. The van der Waals surface area contributed by atoms with Crippen LogP contribution >= 0.6 is 0 Å². The Morgan fingerprint density at radius 1 is 1.17 bits per heavy atom. The van der Waals surface area contributed by atoms with Gasteiger partial charge in [0.15, 0.2) is 0 Å². The van der Waals surface area contributed by atoms with Gasteiger partial charge in [-0.05, 0) is 60.6 Å². The minimum absolute atomic E-state index is 0.319. The smallest absolute Gasteiger partial charge is 0.0991 e. The van der Waals surface area contributed by atoms with Gasteiger partial charge < -0.3 is 0 Å². The Balaban J connectivity index is 2.11. The predicted molar refractivity (Wildman–Crippen MR) is 75.3 cm³/mol. The van der Waals surface area contributed by atoms with Crippen LogP contribution in [0.25, 0.3) is 0 Å². The zero-order valence-corrected chi connectivity index (χ0v) is 11.7. The van der Waals surface area contributed by atoms with Crippen LogP contribution in [0.4, 0.5) is 0 Å². The maximum absolute atomic E-state index is 8.85. The van der Waals surface area contributed by atoms with Gasteiger partial charge in [-0.15, -0.1) is 0 Å². The Bertz CT molecular complexity index is 428. The molecular formula is C17H23N. The molecule has 18 heavy (non-hydrogen) atoms. The maximum Gasteiger partial charge on any atom is 0.0991 e. The molecule has 0 amide bonds. The van der Waals surface area contributed by atoms with Crippen molar-refractivity contribution in [2.45, 2.75) is 51.9 Å². The summed E-state index contributed by atoms with van der Waals surface area (Å²) in [6, 6.07) is 10.4. The average Bonchev–Trinajstić information content (AvgIpc) is 2.39. The lowest BCUT2D eigenvalue weighted by molar-refractivity contribution is 0.204. The molecule has 0 heterocycles. The van der Waals surface area contributed by atoms with Crippen molar-refractivity contribution in [2.24, 2.45) is 11.8 Å². The second-order valence-electron chi connectivity index (χ2n) is 6.33. The summed E-state index contributed by atoms with van der Waals surface area (Å²) in [5, 5.41) is 8.85. The van der Waals surface area contributed by atoms with E-state index >= 15 is 0 Å². The van der Waals surface area contributed by atoms with Gasteiger partial charge in [0.2, 0.25) is 0 Å². The summed E-state index contributed by atoms with van der Waals surface area (Å²) < 4.78 is 0. The number of hydrogen-bond donors (Lipinski definition) is 0. The molecule has 1 aromatic carbocycles. The first-order valence-electron chi connectivity index (χ1n) is 7.06. The zero-order valence-electron chi connectivity index (χ0n) is 11.7. The van der Waals surface area contributed by atoms with Crippen LogP contribution in [-0.4, -0.2) is 0 Å². The summed E-state index contributed by atoms with van der Waals surface area (Å²) in [5.74, 6) is 1.71. The molecule has 0 saturated heterocycles. The van der Waals surface area contributed by atoms with Crippen LogP contribution in [0.2, 0.25) is 0 Å². The summed E-state index contributed by atoms with van der Waals surface area (Å²) >= 11 is 0. The molecule has 1 heteroatoms. The highest BCUT2D eigenvalue weighted by molar-refractivity contribution is 5.35. The highest BCUT2D eigenvalue weighted by atomic mass is 14.4. The number of hydrogen-bond acceptors (Lipinski definition) is 1. The van der Waals surface area contributed by atoms with Gasteiger partial charge in [0.05, 0.1) is 11.6 Å². The number of benzene rings is 1. The molecule has 1 aliphatic rings. The average molecular weight is 241 g/mol. The van der Waals surface area contributed by atoms with Gasteiger partial charge in [-0.2, -0.15) is 5.26 Å². The number of nitrogens with zero attached hydrogens (tertiary/aromatic N) is 1. The first-order valence-corrected chi connectivity index (χ1v) is 7.06. The second kappa shape index (κ2) is 5.14. The van der Waals surface area contributed by atoms with Crippen LogP contribution in [0.1, 0.15) is 57.6 Å². The van der Waals surface area contributed by atoms with Crippen LogP contribution in [0.15, 0.2) is 24.3 Å². The molecule has 1 fully saturated rings. The van der Waals surface area contributed by atoms with Gasteiger partial charge in [-0.25, -0.2) is 0 Å². The van der Waals surface area contributed by atoms with Crippen molar-refractivity contribution in [1.82, 2.24) is 0 Å². The van der Waals surface area contributed by atoms with E-state index in [4.69, 9.17) is 5.26 Å². The van der Waals surface area contributed by atoms with Crippen LogP contribution in [-0.2, 0) is 5.41 Å². The van der Waals surface area contributed by atoms with Crippen molar-refractivity contribution in [3.05, 3.63) is 35.4 Å². The van der Waals surface area contributed by atoms with E-state index in [0.29, 0.717) is 5.41 Å². The lowest BCUT2D eigenvalue weighted by atomic mass is 9.66. The minimum Gasteiger partial charge on any atom is -0.192 e. The van der Waals surface area contributed by atoms with E-state index in [9.17, 15) is 0 Å². The lowest BCUT2D eigenvalue weighted by Gasteiger charge is -2.39. The normalized spacial score (nSPS) is 28.1. The third-order valence-electron chi connectivity index (χ3n) is 4.79. The molecular weight excluding hydrogens is 218 g/mol. The largest absolute Gasteiger partial charge is 0.192 e. The number of nitriles is 1. The Morgan fingerprint density at radius 2 is 1.72 bits per heavy atom. The van der Waals surface area contributed by atoms with Crippen molar-refractivity contribution in [3.8, 4) is 6.07 Å². The SMILES string of the molecule is CC(C)C1CCC(C)(c2ccc(C#N)cc2)CC1. The summed E-state index contributed by atoms with van der Waals surface area (Å²) in [6.45, 7) is 7.06. The van der Waals surface area contributed by atoms with Crippen molar-refractivity contribution in [1.29, 1.82) is 5.26 Å². The van der Waals surface area contributed by atoms with Crippen molar-refractivity contribution < 1.29 is 0 Å². The molecule has 96 valence electrons. The monoisotopic (exact) mass is 241 g/mol. The van der Waals surface area contributed by atoms with E-state index in [2.05, 4.69) is 39.0 Å². The Hall–Kier alpha value is -1.29. The highest BCUT2D eigenvalue weighted by Crippen LogP contribution is 2.43. The standard InChI is InChI=1S/C17H23N/c1-13(2)15-8-10-17(3,11-9-15)16-6-4-14(12-18)5-7-16/h4-7,13,15H,8-11H2,1-3H3. The van der Waals surface area contributed by atoms with Crippen LogP contribution in [0, 0.1) is 23.2 Å². The van der Waals surface area contributed by atoms with Crippen molar-refractivity contribution >= 4 is 0 Å². The molecule has 2 rings (SSSR count). The van der Waals surface area contributed by atoms with E-state index in [-0.39, 0.29) is 0 Å². The maximum atomic E-state index is 8.85. The van der Waals surface area contributed by atoms with Crippen LogP contribution in [0.3, 0.4) is 0 Å². The van der Waals surface area contributed by atoms with Gasteiger partial charge in [-0.3, -0.25) is 0 Å². The first-order chi connectivity index (χ1) is 8.55. The summed E-state index contributed by atoms with van der Waals surface area (Å²) in [5.41, 5.74) is 2.49. The molecule has 1 aromatic rings. The molecule has 1 nitrogen and oxygen atoms in total. The van der Waals surface area contributed by atoms with Gasteiger partial charge in [0.1, 0.15) is 0 Å². The zero-order chi connectivity index (χ0) is 13.2. The molecule has 0 unspecified atom stereocenters. The Kier molecular flexibility index (Phi) is 3.76. The van der Waals surface area contributed by atoms with Crippen molar-refractivity contribution in [3.63, 3.8) is 0 Å². The van der Waals surface area contributed by atoms with E-state index in [1.807, 2.05) is 12.1 Å². The highest BCUT2D eigenvalue weighted by Gasteiger charge is 2.33. The quantitative estimate of drug-likeness (QED) is 0.738. The molecule has 1 aliphatic carbocycles. The van der Waals surface area contributed by atoms with Crippen LogP contribution < -0.4 is 0 Å². The molecule has 0 N–H and O–H groups in total. The Labute approximate surface area is 111 Å². The number of rotatable bonds is 2. The Morgan fingerprint density at radius 3 is 2.17 bits per heavy atom. The fourth-order valence-electron chi connectivity index (χ4n) is 3.18. The van der Waals surface area contributed by atoms with E-state index in [1.165, 1.54) is 31.2 Å². The van der Waals surface area contributed by atoms with Crippen LogP contribution in [0.5, 0.6) is 0 Å². The lowest BCUT2D eigenvalue weighted by Crippen LogP contribution is -2.30. The third-order valence-corrected chi connectivity index (χ3v) is 4.79. The minimum atomic E-state index is 0.319. The predicted octanol–water partition coefficient (Wildman–Crippen LogP) is 4.66. The van der Waals surface area contributed by atoms with E-state index < -0.39 is 0 Å². The molecule has 0 radical (unpaired) electrons. The first kappa shape index (κ1) is 13.1. The third kappa shape index (κ3) is 2.58. The van der Waals surface area contributed by atoms with Gasteiger partial charge in [-0.1, -0.05) is 32.9 Å². The molecule has 0 aliphatic heterocycles. The van der Waals surface area contributed by atoms with E-state index in [1.54, 1.807) is 0 Å². The summed E-state index contributed by atoms with van der Waals surface area (Å²) in [4.78, 5) is 0. The fraction of sp³-hybridized carbons (Fsp3) is 0.588. The topological polar surface area (TPSA) is 23.8 Å². The summed E-state index contributed by atoms with van der Waals surface area (Å²) in [6.07, 6.45) is 5.24. The van der Waals surface area contributed by atoms with Gasteiger partial charge >= 0.3 is 0 Å². The van der Waals surface area contributed by atoms with Gasteiger partial charge in [0.25, 0.3) is 0 Å². The molecule has 1 saturated carbocycles. The summed E-state index contributed by atoms with van der Waals surface area (Å²) in [7, 11) is 0.